The van der Waals surface area contributed by atoms with Crippen LogP contribution in [0.2, 0.25) is 0 Å². The summed E-state index contributed by atoms with van der Waals surface area (Å²) in [6.07, 6.45) is 15.2. The van der Waals surface area contributed by atoms with Gasteiger partial charge >= 0.3 is 11.9 Å². The smallest absolute Gasteiger partial charge is 0.411 e. The number of rotatable bonds is 9. The van der Waals surface area contributed by atoms with Gasteiger partial charge in [0.05, 0.1) is 24.8 Å². The molecule has 2 radical (unpaired) electrons. The van der Waals surface area contributed by atoms with E-state index in [0.717, 1.165) is 82.1 Å². The molecule has 0 amide bonds. The summed E-state index contributed by atoms with van der Waals surface area (Å²) in [5.41, 5.74) is -1.44. The number of hydrogen-bond acceptors (Lipinski definition) is 6. The van der Waals surface area contributed by atoms with E-state index >= 15 is 0 Å². The third-order valence-corrected chi connectivity index (χ3v) is 9.61. The van der Waals surface area contributed by atoms with Crippen LogP contribution in [0.3, 0.4) is 0 Å². The second-order valence-corrected chi connectivity index (χ2v) is 13.2. The van der Waals surface area contributed by atoms with Gasteiger partial charge in [-0.2, -0.15) is 0 Å². The summed E-state index contributed by atoms with van der Waals surface area (Å²) >= 11 is 0. The highest BCUT2D eigenvalue weighted by atomic mass is 16.6. The molecular weight excluding hydrogens is 512 g/mol. The van der Waals surface area contributed by atoms with Gasteiger partial charge < -0.3 is 10.4 Å². The molecule has 0 aromatic carbocycles. The third kappa shape index (κ3) is 4.74. The van der Waals surface area contributed by atoms with Crippen LogP contribution in [0.25, 0.3) is 0 Å². The predicted molar refractivity (Wildman–Crippen MR) is 149 cm³/mol. The summed E-state index contributed by atoms with van der Waals surface area (Å²) in [4.78, 5) is 0. The van der Waals surface area contributed by atoms with Gasteiger partial charge in [-0.1, -0.05) is 35.8 Å². The molecule has 0 fully saturated rings. The van der Waals surface area contributed by atoms with Crippen LogP contribution in [0, 0.1) is 10.4 Å². The lowest BCUT2D eigenvalue weighted by molar-refractivity contribution is -0.541. The molecule has 0 bridgehead atoms. The zero-order valence-corrected chi connectivity index (χ0v) is 25.2. The molecule has 0 atom stereocenters. The lowest BCUT2D eigenvalue weighted by Gasteiger charge is -2.34. The first-order valence-electron chi connectivity index (χ1n) is 14.3. The highest BCUT2D eigenvalue weighted by Crippen LogP contribution is 2.37. The maximum absolute atomic E-state index is 12.8. The van der Waals surface area contributed by atoms with E-state index in [9.17, 15) is 20.8 Å². The van der Waals surface area contributed by atoms with Gasteiger partial charge in [-0.25, -0.2) is 0 Å². The van der Waals surface area contributed by atoms with E-state index in [0.29, 0.717) is 0 Å². The van der Waals surface area contributed by atoms with Crippen molar-refractivity contribution >= 4 is 11.9 Å². The molecule has 4 heterocycles. The predicted octanol–water partition coefficient (Wildman–Crippen LogP) is 4.07. The number of hydrogen-bond donors (Lipinski definition) is 0. The molecule has 2 aromatic rings. The van der Waals surface area contributed by atoms with Crippen molar-refractivity contribution in [3.05, 3.63) is 46.3 Å². The molecule has 2 aliphatic rings. The van der Waals surface area contributed by atoms with E-state index in [1.807, 2.05) is 0 Å². The Kier molecular flexibility index (Phi) is 7.74. The molecule has 2 aliphatic heterocycles. The number of aryl methyl sites for hydroxylation is 2. The zero-order chi connectivity index (χ0) is 29.7. The van der Waals surface area contributed by atoms with E-state index in [1.165, 1.54) is 9.36 Å². The van der Waals surface area contributed by atoms with Gasteiger partial charge in [-0.3, -0.25) is 9.48 Å². The minimum Gasteiger partial charge on any atom is -0.744 e. The average molecular weight is 557 g/mol. The first-order chi connectivity index (χ1) is 18.5. The topological polar surface area (TPSA) is 134 Å². The summed E-state index contributed by atoms with van der Waals surface area (Å²) in [5, 5.41) is 61.4. The average Bonchev–Trinajstić information content (AvgIpc) is 3.59. The Morgan fingerprint density at radius 3 is 1.25 bits per heavy atom. The van der Waals surface area contributed by atoms with Gasteiger partial charge in [0.15, 0.2) is 11.1 Å². The van der Waals surface area contributed by atoms with Crippen molar-refractivity contribution in [2.75, 3.05) is 0 Å². The van der Waals surface area contributed by atoms with Gasteiger partial charge in [-0.05, 0) is 91.5 Å². The van der Waals surface area contributed by atoms with Crippen molar-refractivity contribution in [1.82, 2.24) is 29.7 Å². The zero-order valence-electron chi connectivity index (χ0n) is 25.2. The van der Waals surface area contributed by atoms with Crippen molar-refractivity contribution in [2.45, 2.75) is 129 Å². The molecule has 40 heavy (non-hydrogen) atoms. The van der Waals surface area contributed by atoms with Gasteiger partial charge in [0, 0.05) is 11.1 Å². The van der Waals surface area contributed by atoms with Crippen molar-refractivity contribution in [3.8, 4) is 0 Å². The van der Waals surface area contributed by atoms with Gasteiger partial charge in [0.25, 0.3) is 0 Å². The first kappa shape index (κ1) is 29.9. The first-order valence-corrected chi connectivity index (χ1v) is 14.3. The minimum absolute atomic E-state index is 0.0111. The lowest BCUT2D eigenvalue weighted by atomic mass is 9.84. The Morgan fingerprint density at radius 1 is 0.625 bits per heavy atom. The Bertz CT molecular complexity index is 1190. The second-order valence-electron chi connectivity index (χ2n) is 13.2. The van der Waals surface area contributed by atoms with E-state index in [4.69, 9.17) is 0 Å². The van der Waals surface area contributed by atoms with Crippen LogP contribution >= 0.6 is 0 Å². The Hall–Kier alpha value is -3.12. The van der Waals surface area contributed by atoms with Gasteiger partial charge in [-0.15, -0.1) is 19.6 Å². The molecule has 0 unspecified atom stereocenters. The van der Waals surface area contributed by atoms with Crippen LogP contribution in [0.5, 0.6) is 0 Å². The van der Waals surface area contributed by atoms with Crippen LogP contribution in [0.15, 0.2) is 24.8 Å². The Labute approximate surface area is 236 Å². The maximum Gasteiger partial charge on any atom is 0.411 e. The Balaban J connectivity index is 1.17. The summed E-state index contributed by atoms with van der Waals surface area (Å²) in [7, 11) is 0. The van der Waals surface area contributed by atoms with Crippen LogP contribution < -0.4 is 0 Å². The molecule has 0 aliphatic carbocycles. The molecule has 12 heteroatoms. The van der Waals surface area contributed by atoms with E-state index in [2.05, 4.69) is 10.2 Å². The van der Waals surface area contributed by atoms with Crippen LogP contribution in [-0.4, -0.2) is 73.2 Å². The normalized spacial score (nSPS) is 21.2. The number of nitrogens with zero attached hydrogens (tertiary/aromatic N) is 8. The number of unbranched alkanes of at least 4 members (excludes halogenated alkanes) is 5. The summed E-state index contributed by atoms with van der Waals surface area (Å²) in [6, 6.07) is 0. The molecule has 0 saturated carbocycles. The second kappa shape index (κ2) is 10.4. The highest BCUT2D eigenvalue weighted by molar-refractivity contribution is 5.79. The fourth-order valence-electron chi connectivity index (χ4n) is 5.09. The van der Waals surface area contributed by atoms with Crippen LogP contribution in [0.1, 0.15) is 105 Å². The number of aromatic nitrogens is 4. The number of hydroxylamine groups is 6. The molecule has 220 valence electrons. The fourth-order valence-corrected chi connectivity index (χ4v) is 5.09. The molecule has 0 saturated heterocycles. The van der Waals surface area contributed by atoms with Gasteiger partial charge in [0.1, 0.15) is 11.1 Å². The minimum atomic E-state index is -0.865. The monoisotopic (exact) mass is 556 g/mol. The quantitative estimate of drug-likeness (QED) is 0.260. The van der Waals surface area contributed by atoms with E-state index < -0.39 is 22.2 Å². The highest BCUT2D eigenvalue weighted by Gasteiger charge is 2.59. The van der Waals surface area contributed by atoms with E-state index in [-0.39, 0.29) is 11.9 Å². The van der Waals surface area contributed by atoms with Crippen molar-refractivity contribution in [2.24, 2.45) is 0 Å². The SMILES string of the molecule is CC1(C)N([O])C(n2cc(CCCCCCCCc3cnn(C4=[N+]([O-])C(C)(C)C(C)(C)N4[O])c3)cn2)=[N+]([O-])C1(C)C. The van der Waals surface area contributed by atoms with Gasteiger partial charge in [0.2, 0.25) is 0 Å². The summed E-state index contributed by atoms with van der Waals surface area (Å²) in [6.45, 7) is 14.2. The molecule has 0 N–H and O–H groups in total. The molecular formula is C28H44N8O4. The van der Waals surface area contributed by atoms with Crippen molar-refractivity contribution in [1.29, 1.82) is 0 Å². The Morgan fingerprint density at radius 2 is 0.950 bits per heavy atom. The van der Waals surface area contributed by atoms with Crippen molar-refractivity contribution < 1.29 is 19.9 Å². The largest absolute Gasteiger partial charge is 0.744 e. The summed E-state index contributed by atoms with van der Waals surface area (Å²) in [5.74, 6) is 0.0222. The maximum atomic E-state index is 12.8. The summed E-state index contributed by atoms with van der Waals surface area (Å²) < 4.78 is 4.36. The lowest BCUT2D eigenvalue weighted by Crippen LogP contribution is -2.53. The molecule has 0 spiro atoms. The van der Waals surface area contributed by atoms with E-state index in [1.54, 1.807) is 80.2 Å². The van der Waals surface area contributed by atoms with Crippen molar-refractivity contribution in [3.63, 3.8) is 0 Å². The van der Waals surface area contributed by atoms with Crippen LogP contribution in [-0.2, 0) is 23.3 Å². The standard InChI is InChI=1S/C28H44N8O4/c1-25(2)26(3,4)34(38)23(33(25)37)31-19-21(17-29-31)15-13-11-9-10-12-14-16-22-18-30-32(20-22)24-35(39)27(5,6)28(7,8)36(24)40/h17-20H,9-16H2,1-8H3. The van der Waals surface area contributed by atoms with Crippen LogP contribution in [0.4, 0.5) is 0 Å². The molecule has 4 rings (SSSR count). The third-order valence-electron chi connectivity index (χ3n) is 9.61. The fraction of sp³-hybridized carbons (Fsp3) is 0.714. The molecule has 12 nitrogen and oxygen atoms in total. The molecule has 2 aromatic heterocycles.